The van der Waals surface area contributed by atoms with Crippen molar-refractivity contribution in [2.45, 2.75) is 37.8 Å². The highest BCUT2D eigenvalue weighted by Crippen LogP contribution is 2.27. The van der Waals surface area contributed by atoms with Crippen LogP contribution in [0.3, 0.4) is 0 Å². The third kappa shape index (κ3) is 3.90. The molecule has 1 amide bonds. The molecule has 1 aromatic rings. The summed E-state index contributed by atoms with van der Waals surface area (Å²) in [6.45, 7) is 2.49. The number of para-hydroxylation sites is 1. The molecule has 0 spiro atoms. The van der Waals surface area contributed by atoms with Gasteiger partial charge in [-0.05, 0) is 43.2 Å². The molecular weight excluding hydrogens is 304 g/mol. The first-order chi connectivity index (χ1) is 11.7. The highest BCUT2D eigenvalue weighted by atomic mass is 16.5. The summed E-state index contributed by atoms with van der Waals surface area (Å²) in [6.07, 6.45) is 4.10. The Morgan fingerprint density at radius 3 is 2.67 bits per heavy atom. The Bertz CT molecular complexity index is 555. The van der Waals surface area contributed by atoms with E-state index in [4.69, 9.17) is 9.47 Å². The quantitative estimate of drug-likeness (QED) is 0.894. The molecule has 0 radical (unpaired) electrons. The minimum absolute atomic E-state index is 0.0688. The summed E-state index contributed by atoms with van der Waals surface area (Å²) in [5.74, 6) is 1.83. The average molecular weight is 332 g/mol. The van der Waals surface area contributed by atoms with Gasteiger partial charge in [0.15, 0.2) is 0 Å². The Labute approximate surface area is 144 Å². The Morgan fingerprint density at radius 1 is 1.25 bits per heavy atom. The maximum Gasteiger partial charge on any atom is 0.239 e. The Balaban J connectivity index is 1.50. The Morgan fingerprint density at radius 2 is 2.00 bits per heavy atom. The Kier molecular flexibility index (Phi) is 5.74. The first-order valence-electron chi connectivity index (χ1n) is 8.88. The second-order valence-electron chi connectivity index (χ2n) is 6.84. The molecular formula is C19H28N2O3. The summed E-state index contributed by atoms with van der Waals surface area (Å²) in [5.41, 5.74) is 1.27. The maximum absolute atomic E-state index is 12.6. The monoisotopic (exact) mass is 332 g/mol. The average Bonchev–Trinajstić information content (AvgIpc) is 3.11. The number of piperidine rings is 1. The lowest BCUT2D eigenvalue weighted by Gasteiger charge is -2.33. The molecule has 2 saturated heterocycles. The van der Waals surface area contributed by atoms with Gasteiger partial charge in [0.25, 0.3) is 0 Å². The molecule has 0 aromatic heterocycles. The van der Waals surface area contributed by atoms with Gasteiger partial charge in [-0.1, -0.05) is 18.2 Å². The van der Waals surface area contributed by atoms with Crippen LogP contribution < -0.4 is 10.1 Å². The number of likely N-dealkylation sites (tertiary alicyclic amines) is 1. The molecule has 1 N–H and O–H groups in total. The van der Waals surface area contributed by atoms with Gasteiger partial charge in [0.1, 0.15) is 5.75 Å². The van der Waals surface area contributed by atoms with Gasteiger partial charge >= 0.3 is 0 Å². The van der Waals surface area contributed by atoms with Crippen LogP contribution in [0.25, 0.3) is 0 Å². The molecule has 132 valence electrons. The predicted molar refractivity (Wildman–Crippen MR) is 93.2 cm³/mol. The third-order valence-electron chi connectivity index (χ3n) is 5.35. The molecule has 0 aliphatic carbocycles. The van der Waals surface area contributed by atoms with Crippen LogP contribution in [0.1, 0.15) is 24.8 Å². The van der Waals surface area contributed by atoms with Gasteiger partial charge in [0.2, 0.25) is 5.91 Å². The number of nitrogens with one attached hydrogen (secondary N) is 1. The second-order valence-corrected chi connectivity index (χ2v) is 6.84. The number of hydrogen-bond donors (Lipinski definition) is 1. The number of carbonyl (C=O) groups excluding carboxylic acids is 1. The molecule has 24 heavy (non-hydrogen) atoms. The van der Waals surface area contributed by atoms with Gasteiger partial charge in [0.05, 0.1) is 19.3 Å². The lowest BCUT2D eigenvalue weighted by Crippen LogP contribution is -2.47. The second kappa shape index (κ2) is 7.99. The maximum atomic E-state index is 12.6. The van der Waals surface area contributed by atoms with E-state index in [0.29, 0.717) is 5.92 Å². The van der Waals surface area contributed by atoms with Crippen LogP contribution >= 0.6 is 0 Å². The van der Waals surface area contributed by atoms with Gasteiger partial charge in [-0.15, -0.1) is 0 Å². The summed E-state index contributed by atoms with van der Waals surface area (Å²) in [7, 11) is 3.44. The van der Waals surface area contributed by atoms with Crippen molar-refractivity contribution < 1.29 is 14.3 Å². The zero-order chi connectivity index (χ0) is 16.9. The van der Waals surface area contributed by atoms with E-state index in [1.807, 2.05) is 17.0 Å². The third-order valence-corrected chi connectivity index (χ3v) is 5.35. The zero-order valence-corrected chi connectivity index (χ0v) is 14.7. The van der Waals surface area contributed by atoms with Gasteiger partial charge in [0, 0.05) is 26.7 Å². The van der Waals surface area contributed by atoms with Gasteiger partial charge in [-0.3, -0.25) is 4.79 Å². The van der Waals surface area contributed by atoms with Crippen molar-refractivity contribution in [2.24, 2.45) is 5.92 Å². The van der Waals surface area contributed by atoms with E-state index >= 15 is 0 Å². The summed E-state index contributed by atoms with van der Waals surface area (Å²) < 4.78 is 10.8. The van der Waals surface area contributed by atoms with E-state index in [1.54, 1.807) is 14.2 Å². The van der Waals surface area contributed by atoms with E-state index in [1.165, 1.54) is 5.56 Å². The van der Waals surface area contributed by atoms with Crippen molar-refractivity contribution in [2.75, 3.05) is 33.9 Å². The fraction of sp³-hybridized carbons (Fsp3) is 0.632. The fourth-order valence-corrected chi connectivity index (χ4v) is 3.83. The summed E-state index contributed by atoms with van der Waals surface area (Å²) in [6, 6.07) is 8.16. The highest BCUT2D eigenvalue weighted by molar-refractivity contribution is 5.82. The number of rotatable bonds is 5. The minimum atomic E-state index is -0.0688. The van der Waals surface area contributed by atoms with Crippen LogP contribution in [0.5, 0.6) is 5.75 Å². The van der Waals surface area contributed by atoms with Gasteiger partial charge in [-0.25, -0.2) is 0 Å². The van der Waals surface area contributed by atoms with Crippen molar-refractivity contribution in [3.8, 4) is 5.75 Å². The molecule has 2 heterocycles. The largest absolute Gasteiger partial charge is 0.496 e. The van der Waals surface area contributed by atoms with Gasteiger partial charge < -0.3 is 19.7 Å². The van der Waals surface area contributed by atoms with Crippen LogP contribution in [0, 0.1) is 5.92 Å². The first kappa shape index (κ1) is 17.2. The molecule has 3 rings (SSSR count). The minimum Gasteiger partial charge on any atom is -0.496 e. The van der Waals surface area contributed by atoms with Crippen LogP contribution in [-0.4, -0.2) is 56.8 Å². The lowest BCUT2D eigenvalue weighted by molar-refractivity contribution is -0.134. The van der Waals surface area contributed by atoms with Crippen molar-refractivity contribution in [1.29, 1.82) is 0 Å². The standard InChI is InChI=1S/C19H28N2O3/c1-23-16-12-17(20-13-16)19(22)21-9-7-14(8-10-21)11-15-5-3-4-6-18(15)24-2/h3-6,14,16-17,20H,7-13H2,1-2H3/t16-,17-/m0/s1. The zero-order valence-electron chi connectivity index (χ0n) is 14.7. The van der Waals surface area contributed by atoms with Crippen molar-refractivity contribution in [1.82, 2.24) is 10.2 Å². The van der Waals surface area contributed by atoms with Crippen LogP contribution in [0.15, 0.2) is 24.3 Å². The van der Waals surface area contributed by atoms with E-state index in [2.05, 4.69) is 17.4 Å². The Hall–Kier alpha value is -1.59. The first-order valence-corrected chi connectivity index (χ1v) is 8.88. The number of ether oxygens (including phenoxy) is 2. The summed E-state index contributed by atoms with van der Waals surface area (Å²) >= 11 is 0. The fourth-order valence-electron chi connectivity index (χ4n) is 3.83. The van der Waals surface area contributed by atoms with Crippen molar-refractivity contribution >= 4 is 5.91 Å². The van der Waals surface area contributed by atoms with E-state index < -0.39 is 0 Å². The van der Waals surface area contributed by atoms with E-state index in [-0.39, 0.29) is 18.1 Å². The van der Waals surface area contributed by atoms with Crippen molar-refractivity contribution in [3.05, 3.63) is 29.8 Å². The molecule has 0 bridgehead atoms. The SMILES string of the molecule is COc1ccccc1CC1CCN(C(=O)[C@@H]2C[C@H](OC)CN2)CC1. The molecule has 2 aliphatic heterocycles. The lowest BCUT2D eigenvalue weighted by atomic mass is 9.89. The molecule has 1 aromatic carbocycles. The smallest absolute Gasteiger partial charge is 0.239 e. The van der Waals surface area contributed by atoms with Gasteiger partial charge in [-0.2, -0.15) is 0 Å². The van der Waals surface area contributed by atoms with Crippen LogP contribution in [0.2, 0.25) is 0 Å². The molecule has 2 aliphatic rings. The van der Waals surface area contributed by atoms with Crippen molar-refractivity contribution in [3.63, 3.8) is 0 Å². The molecule has 2 atom stereocenters. The molecule has 5 nitrogen and oxygen atoms in total. The number of nitrogens with zero attached hydrogens (tertiary/aromatic N) is 1. The molecule has 2 fully saturated rings. The van der Waals surface area contributed by atoms with E-state index in [0.717, 1.165) is 51.1 Å². The van der Waals surface area contributed by atoms with Crippen LogP contribution in [-0.2, 0) is 16.0 Å². The molecule has 5 heteroatoms. The number of amides is 1. The molecule has 0 saturated carbocycles. The van der Waals surface area contributed by atoms with E-state index in [9.17, 15) is 4.79 Å². The number of methoxy groups -OCH3 is 2. The normalized spacial score (nSPS) is 25.0. The number of hydrogen-bond acceptors (Lipinski definition) is 4. The predicted octanol–water partition coefficient (Wildman–Crippen LogP) is 1.85. The molecule has 0 unspecified atom stereocenters. The number of carbonyl (C=O) groups is 1. The van der Waals surface area contributed by atoms with Crippen LogP contribution in [0.4, 0.5) is 0 Å². The summed E-state index contributed by atoms with van der Waals surface area (Å²) in [4.78, 5) is 14.6. The topological polar surface area (TPSA) is 50.8 Å². The number of benzene rings is 1. The summed E-state index contributed by atoms with van der Waals surface area (Å²) in [5, 5.41) is 3.29. The highest BCUT2D eigenvalue weighted by Gasteiger charge is 2.33.